The van der Waals surface area contributed by atoms with Gasteiger partial charge in [-0.05, 0) is 54.2 Å². The van der Waals surface area contributed by atoms with Crippen LogP contribution in [0, 0.1) is 23.2 Å². The third-order valence-electron chi connectivity index (χ3n) is 7.00. The van der Waals surface area contributed by atoms with E-state index < -0.39 is 0 Å². The summed E-state index contributed by atoms with van der Waals surface area (Å²) < 4.78 is 5.53. The number of hydrogen-bond acceptors (Lipinski definition) is 3. The Bertz CT molecular complexity index is 904. The highest BCUT2D eigenvalue weighted by Crippen LogP contribution is 2.70. The average molecular weight is 374 g/mol. The van der Waals surface area contributed by atoms with E-state index in [0.29, 0.717) is 30.3 Å². The Balaban J connectivity index is 1.42. The molecule has 3 aliphatic rings. The number of amides is 1. The van der Waals surface area contributed by atoms with Gasteiger partial charge in [-0.15, -0.1) is 0 Å². The van der Waals surface area contributed by atoms with E-state index in [1.54, 1.807) is 13.3 Å². The summed E-state index contributed by atoms with van der Waals surface area (Å²) in [5.74, 6) is 2.26. The van der Waals surface area contributed by atoms with Crippen LogP contribution in [0.2, 0.25) is 0 Å². The minimum atomic E-state index is 0.115. The Kier molecular flexibility index (Phi) is 4.22. The van der Waals surface area contributed by atoms with Gasteiger partial charge in [-0.3, -0.25) is 9.78 Å². The number of carbonyl (C=O) groups is 1. The van der Waals surface area contributed by atoms with E-state index in [-0.39, 0.29) is 11.8 Å². The number of aromatic nitrogens is 1. The second-order valence-electron chi connectivity index (χ2n) is 8.46. The maximum atomic E-state index is 13.7. The van der Waals surface area contributed by atoms with Crippen molar-refractivity contribution in [2.24, 2.45) is 23.2 Å². The van der Waals surface area contributed by atoms with Crippen LogP contribution in [0.4, 0.5) is 0 Å². The van der Waals surface area contributed by atoms with Crippen LogP contribution < -0.4 is 4.74 Å². The van der Waals surface area contributed by atoms with E-state index in [0.717, 1.165) is 23.3 Å². The van der Waals surface area contributed by atoms with Gasteiger partial charge in [0.15, 0.2) is 0 Å². The summed E-state index contributed by atoms with van der Waals surface area (Å²) in [5.41, 5.74) is 2.53. The first-order valence-electron chi connectivity index (χ1n) is 10.2. The predicted octanol–water partition coefficient (Wildman–Crippen LogP) is 4.22. The molecule has 1 spiro atoms. The van der Waals surface area contributed by atoms with E-state index in [2.05, 4.69) is 17.1 Å². The molecule has 1 aromatic heterocycles. The van der Waals surface area contributed by atoms with Crippen molar-refractivity contribution in [2.45, 2.75) is 32.4 Å². The number of para-hydroxylation sites is 1. The molecule has 0 radical (unpaired) electrons. The predicted molar refractivity (Wildman–Crippen MR) is 107 cm³/mol. The van der Waals surface area contributed by atoms with Crippen LogP contribution >= 0.6 is 0 Å². The summed E-state index contributed by atoms with van der Waals surface area (Å²) in [5, 5.41) is 0. The molecule has 2 bridgehead atoms. The van der Waals surface area contributed by atoms with Crippen LogP contribution in [0.3, 0.4) is 0 Å². The maximum Gasteiger partial charge on any atom is 0.226 e. The normalized spacial score (nSPS) is 25.8. The number of rotatable bonds is 6. The van der Waals surface area contributed by atoms with Crippen molar-refractivity contribution in [1.29, 1.82) is 0 Å². The zero-order chi connectivity index (χ0) is 19.1. The van der Waals surface area contributed by atoms with Crippen LogP contribution in [0.5, 0.6) is 5.75 Å². The lowest BCUT2D eigenvalue weighted by Crippen LogP contribution is -2.37. The van der Waals surface area contributed by atoms with E-state index in [9.17, 15) is 4.79 Å². The molecule has 5 rings (SSSR count). The number of pyridine rings is 1. The summed E-state index contributed by atoms with van der Waals surface area (Å²) in [6.07, 6.45) is 11.9. The van der Waals surface area contributed by atoms with Gasteiger partial charge in [0.05, 0.1) is 7.11 Å². The van der Waals surface area contributed by atoms with Crippen molar-refractivity contribution in [2.75, 3.05) is 7.11 Å². The van der Waals surface area contributed by atoms with Crippen LogP contribution in [-0.4, -0.2) is 22.9 Å². The molecule has 3 aliphatic carbocycles. The van der Waals surface area contributed by atoms with Crippen molar-refractivity contribution in [3.63, 3.8) is 0 Å². The van der Waals surface area contributed by atoms with Crippen LogP contribution in [0.25, 0.3) is 0 Å². The van der Waals surface area contributed by atoms with Crippen LogP contribution in [0.15, 0.2) is 60.9 Å². The molecule has 144 valence electrons. The lowest BCUT2D eigenvalue weighted by molar-refractivity contribution is -0.138. The fourth-order valence-electron chi connectivity index (χ4n) is 5.45. The smallest absolute Gasteiger partial charge is 0.226 e. The van der Waals surface area contributed by atoms with Gasteiger partial charge in [-0.2, -0.15) is 0 Å². The lowest BCUT2D eigenvalue weighted by Gasteiger charge is -2.29. The molecule has 2 saturated carbocycles. The highest BCUT2D eigenvalue weighted by atomic mass is 16.5. The Hall–Kier alpha value is -2.62. The monoisotopic (exact) mass is 374 g/mol. The molecule has 4 nitrogen and oxygen atoms in total. The molecule has 3 unspecified atom stereocenters. The molecule has 0 saturated heterocycles. The van der Waals surface area contributed by atoms with Crippen molar-refractivity contribution in [3.8, 4) is 5.75 Å². The van der Waals surface area contributed by atoms with E-state index in [4.69, 9.17) is 4.74 Å². The summed E-state index contributed by atoms with van der Waals surface area (Å²) in [6, 6.07) is 11.9. The topological polar surface area (TPSA) is 42.4 Å². The number of ether oxygens (including phenoxy) is 1. The molecule has 1 aromatic carbocycles. The highest BCUT2D eigenvalue weighted by Gasteiger charge is 2.64. The lowest BCUT2D eigenvalue weighted by atomic mass is 9.88. The van der Waals surface area contributed by atoms with Gasteiger partial charge < -0.3 is 9.64 Å². The Morgan fingerprint density at radius 3 is 2.75 bits per heavy atom. The Labute approximate surface area is 166 Å². The second kappa shape index (κ2) is 6.77. The quantitative estimate of drug-likeness (QED) is 0.711. The molecule has 2 aromatic rings. The molecule has 2 fully saturated rings. The molecule has 0 aliphatic heterocycles. The molecule has 4 heteroatoms. The SMILES string of the molecule is COc1ccccc1CN(Cc1cccnc1)C(=O)C1CC2C=CC1C21CC1. The van der Waals surface area contributed by atoms with Crippen molar-refractivity contribution in [1.82, 2.24) is 9.88 Å². The van der Waals surface area contributed by atoms with Crippen LogP contribution in [0.1, 0.15) is 30.4 Å². The number of allylic oxidation sites excluding steroid dienone is 2. The van der Waals surface area contributed by atoms with E-state index in [1.807, 2.05) is 47.5 Å². The zero-order valence-corrected chi connectivity index (χ0v) is 16.3. The second-order valence-corrected chi connectivity index (χ2v) is 8.46. The van der Waals surface area contributed by atoms with Crippen molar-refractivity contribution in [3.05, 3.63) is 72.1 Å². The minimum absolute atomic E-state index is 0.115. The molecular formula is C24H26N2O2. The first-order valence-corrected chi connectivity index (χ1v) is 10.2. The van der Waals surface area contributed by atoms with Crippen molar-refractivity contribution < 1.29 is 9.53 Å². The van der Waals surface area contributed by atoms with Gasteiger partial charge in [-0.1, -0.05) is 36.4 Å². The third-order valence-corrected chi connectivity index (χ3v) is 7.00. The maximum absolute atomic E-state index is 13.7. The van der Waals surface area contributed by atoms with Gasteiger partial charge in [0, 0.05) is 37.0 Å². The summed E-state index contributed by atoms with van der Waals surface area (Å²) in [4.78, 5) is 19.9. The molecule has 3 atom stereocenters. The first-order chi connectivity index (χ1) is 13.7. The van der Waals surface area contributed by atoms with Crippen LogP contribution in [-0.2, 0) is 17.9 Å². The molecule has 0 N–H and O–H groups in total. The fourth-order valence-corrected chi connectivity index (χ4v) is 5.45. The Morgan fingerprint density at radius 1 is 1.18 bits per heavy atom. The molecule has 1 heterocycles. The van der Waals surface area contributed by atoms with Gasteiger partial charge >= 0.3 is 0 Å². The third kappa shape index (κ3) is 2.83. The largest absolute Gasteiger partial charge is 0.496 e. The number of benzene rings is 1. The first kappa shape index (κ1) is 17.5. The van der Waals surface area contributed by atoms with Gasteiger partial charge in [0.25, 0.3) is 0 Å². The number of carbonyl (C=O) groups excluding carboxylic acids is 1. The van der Waals surface area contributed by atoms with Gasteiger partial charge in [0.2, 0.25) is 5.91 Å². The van der Waals surface area contributed by atoms with Gasteiger partial charge in [-0.25, -0.2) is 0 Å². The molecule has 28 heavy (non-hydrogen) atoms. The average Bonchev–Trinajstić information content (AvgIpc) is 3.41. The molecule has 1 amide bonds. The Morgan fingerprint density at radius 2 is 2.04 bits per heavy atom. The van der Waals surface area contributed by atoms with Crippen molar-refractivity contribution >= 4 is 5.91 Å². The van der Waals surface area contributed by atoms with E-state index in [1.165, 1.54) is 12.8 Å². The number of hydrogen-bond donors (Lipinski definition) is 0. The molecular weight excluding hydrogens is 348 g/mol. The van der Waals surface area contributed by atoms with E-state index >= 15 is 0 Å². The zero-order valence-electron chi connectivity index (χ0n) is 16.3. The van der Waals surface area contributed by atoms with Gasteiger partial charge in [0.1, 0.15) is 5.75 Å². The minimum Gasteiger partial charge on any atom is -0.496 e. The number of methoxy groups -OCH3 is 1. The highest BCUT2D eigenvalue weighted by molar-refractivity contribution is 5.81. The standard InChI is InChI=1S/C24H26N2O2/c1-28-22-7-3-2-6-18(22)16-26(15-17-5-4-12-25-14-17)23(27)20-13-19-8-9-21(20)24(19)10-11-24/h2-9,12,14,19-21H,10-11,13,15-16H2,1H3. The summed E-state index contributed by atoms with van der Waals surface area (Å²) in [7, 11) is 1.68. The fraction of sp³-hybridized carbons (Fsp3) is 0.417. The number of nitrogens with zero attached hydrogens (tertiary/aromatic N) is 2. The summed E-state index contributed by atoms with van der Waals surface area (Å²) >= 11 is 0. The summed E-state index contributed by atoms with van der Waals surface area (Å²) in [6.45, 7) is 1.14.